The van der Waals surface area contributed by atoms with Gasteiger partial charge in [-0.2, -0.15) is 5.26 Å². The van der Waals surface area contributed by atoms with Gasteiger partial charge in [-0.25, -0.2) is 9.59 Å². The number of esters is 1. The highest BCUT2D eigenvalue weighted by Gasteiger charge is 2.26. The summed E-state index contributed by atoms with van der Waals surface area (Å²) in [6.45, 7) is 3.47. The highest BCUT2D eigenvalue weighted by Crippen LogP contribution is 2.27. The van der Waals surface area contributed by atoms with Crippen molar-refractivity contribution < 1.29 is 18.4 Å². The average Bonchev–Trinajstić information content (AvgIpc) is 3.38. The lowest BCUT2D eigenvalue weighted by molar-refractivity contribution is 0.0471. The second-order valence-corrected chi connectivity index (χ2v) is 6.77. The summed E-state index contributed by atoms with van der Waals surface area (Å²) in [5.74, 6) is -0.159. The zero-order valence-electron chi connectivity index (χ0n) is 16.5. The summed E-state index contributed by atoms with van der Waals surface area (Å²) < 4.78 is 18.0. The lowest BCUT2D eigenvalue weighted by atomic mass is 10.1. The Balaban J connectivity index is 1.65. The third kappa shape index (κ3) is 3.40. The fourth-order valence-electron chi connectivity index (χ4n) is 3.36. The SMILES string of the molecule is CCc1ccc2c(COC(=O)c3c(C)oc(-n4cccc4)c3C#N)cc(=O)oc2c1. The number of aryl methyl sites for hydroxylation is 2. The van der Waals surface area contributed by atoms with Crippen LogP contribution in [0.25, 0.3) is 16.9 Å². The van der Waals surface area contributed by atoms with Crippen molar-refractivity contribution in [3.8, 4) is 12.0 Å². The number of carbonyl (C=O) groups is 1. The zero-order valence-corrected chi connectivity index (χ0v) is 16.5. The maximum absolute atomic E-state index is 12.8. The third-order valence-corrected chi connectivity index (χ3v) is 4.88. The molecule has 0 spiro atoms. The number of ether oxygens (including phenoxy) is 1. The molecule has 0 amide bonds. The summed E-state index contributed by atoms with van der Waals surface area (Å²) >= 11 is 0. The molecule has 0 saturated carbocycles. The van der Waals surface area contributed by atoms with Crippen LogP contribution in [0.4, 0.5) is 0 Å². The Morgan fingerprint density at radius 2 is 1.97 bits per heavy atom. The van der Waals surface area contributed by atoms with Gasteiger partial charge in [-0.3, -0.25) is 4.57 Å². The second kappa shape index (κ2) is 7.76. The molecule has 3 heterocycles. The van der Waals surface area contributed by atoms with E-state index < -0.39 is 11.6 Å². The van der Waals surface area contributed by atoms with Crippen molar-refractivity contribution in [1.29, 1.82) is 5.26 Å². The van der Waals surface area contributed by atoms with Gasteiger partial charge in [-0.1, -0.05) is 19.1 Å². The van der Waals surface area contributed by atoms with Crippen LogP contribution in [0.15, 0.2) is 62.4 Å². The van der Waals surface area contributed by atoms with E-state index in [-0.39, 0.29) is 29.4 Å². The van der Waals surface area contributed by atoms with E-state index >= 15 is 0 Å². The standard InChI is InChI=1S/C23H18N2O5/c1-3-15-6-7-17-16(11-20(26)30-19(17)10-15)13-28-23(27)21-14(2)29-22(18(21)12-24)25-8-4-5-9-25/h4-11H,3,13H2,1-2H3. The van der Waals surface area contributed by atoms with Crippen molar-refractivity contribution in [1.82, 2.24) is 4.57 Å². The molecule has 0 aliphatic carbocycles. The molecule has 7 nitrogen and oxygen atoms in total. The molecule has 30 heavy (non-hydrogen) atoms. The van der Waals surface area contributed by atoms with E-state index in [1.807, 2.05) is 25.1 Å². The number of hydrogen-bond donors (Lipinski definition) is 0. The van der Waals surface area contributed by atoms with Gasteiger partial charge in [0.25, 0.3) is 0 Å². The van der Waals surface area contributed by atoms with Gasteiger partial charge in [0.05, 0.1) is 0 Å². The summed E-state index contributed by atoms with van der Waals surface area (Å²) in [6.07, 6.45) is 4.24. The molecule has 150 valence electrons. The van der Waals surface area contributed by atoms with Crippen molar-refractivity contribution in [3.63, 3.8) is 0 Å². The van der Waals surface area contributed by atoms with Gasteiger partial charge >= 0.3 is 11.6 Å². The van der Waals surface area contributed by atoms with E-state index in [9.17, 15) is 14.9 Å². The van der Waals surface area contributed by atoms with E-state index in [2.05, 4.69) is 0 Å². The summed E-state index contributed by atoms with van der Waals surface area (Å²) in [4.78, 5) is 24.7. The number of furan rings is 1. The molecule has 0 saturated heterocycles. The average molecular weight is 402 g/mol. The van der Waals surface area contributed by atoms with Gasteiger partial charge in [0.15, 0.2) is 0 Å². The van der Waals surface area contributed by atoms with Crippen molar-refractivity contribution in [3.05, 3.63) is 87.2 Å². The normalized spacial score (nSPS) is 10.8. The lowest BCUT2D eigenvalue weighted by Crippen LogP contribution is -2.10. The third-order valence-electron chi connectivity index (χ3n) is 4.88. The second-order valence-electron chi connectivity index (χ2n) is 6.77. The van der Waals surface area contributed by atoms with Crippen LogP contribution < -0.4 is 5.63 Å². The minimum absolute atomic E-state index is 0.0711. The number of benzene rings is 1. The van der Waals surface area contributed by atoms with Crippen LogP contribution in [-0.4, -0.2) is 10.5 Å². The molecule has 0 fully saturated rings. The first-order valence-corrected chi connectivity index (χ1v) is 9.41. The molecule has 3 aromatic heterocycles. The van der Waals surface area contributed by atoms with Crippen LogP contribution in [0.1, 0.15) is 39.7 Å². The van der Waals surface area contributed by atoms with Gasteiger partial charge in [0.2, 0.25) is 5.88 Å². The molecule has 7 heteroatoms. The zero-order chi connectivity index (χ0) is 21.3. The molecule has 0 aliphatic rings. The van der Waals surface area contributed by atoms with Crippen LogP contribution in [-0.2, 0) is 17.8 Å². The Morgan fingerprint density at radius 1 is 1.20 bits per heavy atom. The van der Waals surface area contributed by atoms with Crippen molar-refractivity contribution in [2.75, 3.05) is 0 Å². The Morgan fingerprint density at radius 3 is 2.67 bits per heavy atom. The molecule has 4 aromatic rings. The van der Waals surface area contributed by atoms with E-state index in [4.69, 9.17) is 13.6 Å². The Hall–Kier alpha value is -4.05. The molecule has 0 aliphatic heterocycles. The summed E-state index contributed by atoms with van der Waals surface area (Å²) in [5, 5.41) is 10.3. The Kier molecular flexibility index (Phi) is 4.98. The van der Waals surface area contributed by atoms with Gasteiger partial charge in [-0.05, 0) is 37.1 Å². The van der Waals surface area contributed by atoms with E-state index in [0.717, 1.165) is 12.0 Å². The van der Waals surface area contributed by atoms with Gasteiger partial charge < -0.3 is 13.6 Å². The number of aromatic nitrogens is 1. The monoisotopic (exact) mass is 402 g/mol. The summed E-state index contributed by atoms with van der Waals surface area (Å²) in [5.41, 5.74) is 1.65. The highest BCUT2D eigenvalue weighted by molar-refractivity contribution is 5.94. The number of nitrogens with zero attached hydrogens (tertiary/aromatic N) is 2. The number of fused-ring (bicyclic) bond motifs is 1. The molecule has 0 radical (unpaired) electrons. The first-order valence-electron chi connectivity index (χ1n) is 9.41. The van der Waals surface area contributed by atoms with E-state index in [0.29, 0.717) is 16.5 Å². The van der Waals surface area contributed by atoms with Crippen LogP contribution in [0.2, 0.25) is 0 Å². The first kappa shape index (κ1) is 19.3. The maximum Gasteiger partial charge on any atom is 0.343 e. The molecule has 4 rings (SSSR count). The largest absolute Gasteiger partial charge is 0.457 e. The van der Waals surface area contributed by atoms with Crippen molar-refractivity contribution in [2.45, 2.75) is 26.9 Å². The van der Waals surface area contributed by atoms with Crippen molar-refractivity contribution in [2.24, 2.45) is 0 Å². The Labute approximate surface area is 171 Å². The van der Waals surface area contributed by atoms with Gasteiger partial charge in [0, 0.05) is 29.4 Å². The van der Waals surface area contributed by atoms with Crippen LogP contribution in [0.5, 0.6) is 0 Å². The topological polar surface area (TPSA) is 98.4 Å². The van der Waals surface area contributed by atoms with Crippen LogP contribution in [0.3, 0.4) is 0 Å². The molecule has 0 atom stereocenters. The maximum atomic E-state index is 12.8. The van der Waals surface area contributed by atoms with Crippen molar-refractivity contribution >= 4 is 16.9 Å². The number of carbonyl (C=O) groups excluding carboxylic acids is 1. The number of rotatable bonds is 5. The van der Waals surface area contributed by atoms with Crippen LogP contribution >= 0.6 is 0 Å². The molecule has 0 unspecified atom stereocenters. The minimum atomic E-state index is -0.697. The van der Waals surface area contributed by atoms with E-state index in [1.165, 1.54) is 6.07 Å². The quantitative estimate of drug-likeness (QED) is 0.365. The molecule has 1 aromatic carbocycles. The molecular weight excluding hydrogens is 384 g/mol. The summed E-state index contributed by atoms with van der Waals surface area (Å²) in [7, 11) is 0. The van der Waals surface area contributed by atoms with Gasteiger partial charge in [0.1, 0.15) is 35.1 Å². The van der Waals surface area contributed by atoms with Crippen LogP contribution in [0, 0.1) is 18.3 Å². The predicted octanol–water partition coefficient (Wildman–Crippen LogP) is 4.28. The number of hydrogen-bond acceptors (Lipinski definition) is 6. The Bertz CT molecular complexity index is 1340. The first-order chi connectivity index (χ1) is 14.5. The lowest BCUT2D eigenvalue weighted by Gasteiger charge is -2.08. The fourth-order valence-corrected chi connectivity index (χ4v) is 3.36. The number of nitriles is 1. The molecular formula is C23H18N2O5. The smallest absolute Gasteiger partial charge is 0.343 e. The van der Waals surface area contributed by atoms with Gasteiger partial charge in [-0.15, -0.1) is 0 Å². The fraction of sp³-hybridized carbons (Fsp3) is 0.174. The summed E-state index contributed by atoms with van der Waals surface area (Å²) in [6, 6.07) is 12.5. The van der Waals surface area contributed by atoms with E-state index in [1.54, 1.807) is 42.1 Å². The molecule has 0 bridgehead atoms. The molecule has 0 N–H and O–H groups in total. The minimum Gasteiger partial charge on any atom is -0.457 e. The highest BCUT2D eigenvalue weighted by atomic mass is 16.5. The predicted molar refractivity (Wildman–Crippen MR) is 108 cm³/mol.